The molecular formula is C20H21N5O5S. The predicted octanol–water partition coefficient (Wildman–Crippen LogP) is 3.57. The fourth-order valence-electron chi connectivity index (χ4n) is 3.57. The van der Waals surface area contributed by atoms with Gasteiger partial charge in [-0.2, -0.15) is 4.98 Å². The Kier molecular flexibility index (Phi) is 6.23. The molecule has 0 aliphatic carbocycles. The second-order valence-corrected chi connectivity index (χ2v) is 8.14. The van der Waals surface area contributed by atoms with Crippen LogP contribution in [0.5, 0.6) is 5.75 Å². The van der Waals surface area contributed by atoms with Crippen LogP contribution >= 0.6 is 11.3 Å². The smallest absolute Gasteiger partial charge is 0.271 e. The molecule has 2 aromatic heterocycles. The molecule has 1 aromatic carbocycles. The number of aromatic nitrogens is 2. The van der Waals surface area contributed by atoms with Crippen molar-refractivity contribution in [1.82, 2.24) is 15.0 Å². The van der Waals surface area contributed by atoms with E-state index in [-0.39, 0.29) is 23.2 Å². The minimum atomic E-state index is -0.508. The molecule has 1 N–H and O–H groups in total. The van der Waals surface area contributed by atoms with Crippen LogP contribution in [-0.4, -0.2) is 46.1 Å². The number of thiophene rings is 1. The first-order chi connectivity index (χ1) is 15.0. The fourth-order valence-corrected chi connectivity index (χ4v) is 4.22. The van der Waals surface area contributed by atoms with Gasteiger partial charge < -0.3 is 14.6 Å². The zero-order chi connectivity index (χ0) is 21.8. The highest BCUT2D eigenvalue weighted by Crippen LogP contribution is 2.30. The summed E-state index contributed by atoms with van der Waals surface area (Å²) in [5.41, 5.74) is 0.177. The highest BCUT2D eigenvalue weighted by Gasteiger charge is 2.28. The number of methoxy groups -OCH3 is 1. The highest BCUT2D eigenvalue weighted by atomic mass is 32.1. The van der Waals surface area contributed by atoms with Gasteiger partial charge in [-0.3, -0.25) is 19.8 Å². The van der Waals surface area contributed by atoms with E-state index in [4.69, 9.17) is 9.26 Å². The van der Waals surface area contributed by atoms with E-state index in [9.17, 15) is 14.9 Å². The van der Waals surface area contributed by atoms with Crippen LogP contribution in [0.25, 0.3) is 10.7 Å². The number of carbonyl (C=O) groups is 1. The number of piperidine rings is 1. The average Bonchev–Trinajstić information content (AvgIpc) is 3.46. The summed E-state index contributed by atoms with van der Waals surface area (Å²) in [5.74, 6) is 0.975. The zero-order valence-electron chi connectivity index (χ0n) is 16.8. The van der Waals surface area contributed by atoms with Gasteiger partial charge in [0, 0.05) is 18.7 Å². The van der Waals surface area contributed by atoms with E-state index in [0.717, 1.165) is 24.3 Å². The molecule has 1 saturated heterocycles. The molecule has 1 aliphatic rings. The van der Waals surface area contributed by atoms with E-state index in [1.54, 1.807) is 11.3 Å². The molecular weight excluding hydrogens is 422 g/mol. The van der Waals surface area contributed by atoms with Gasteiger partial charge in [0.05, 0.1) is 35.1 Å². The minimum Gasteiger partial charge on any atom is -0.495 e. The summed E-state index contributed by atoms with van der Waals surface area (Å²) in [6.07, 6.45) is 1.57. The third kappa shape index (κ3) is 4.89. The zero-order valence-corrected chi connectivity index (χ0v) is 17.6. The van der Waals surface area contributed by atoms with E-state index >= 15 is 0 Å². The molecule has 1 aliphatic heterocycles. The Morgan fingerprint density at radius 2 is 2.32 bits per heavy atom. The lowest BCUT2D eigenvalue weighted by molar-refractivity contribution is -0.384. The van der Waals surface area contributed by atoms with Crippen molar-refractivity contribution >= 4 is 28.6 Å². The third-order valence-corrected chi connectivity index (χ3v) is 5.96. The number of non-ortho nitro benzene ring substituents is 1. The van der Waals surface area contributed by atoms with Crippen LogP contribution in [0.3, 0.4) is 0 Å². The van der Waals surface area contributed by atoms with Gasteiger partial charge in [0.15, 0.2) is 0 Å². The van der Waals surface area contributed by atoms with Crippen LogP contribution < -0.4 is 10.1 Å². The molecule has 1 amide bonds. The quantitative estimate of drug-likeness (QED) is 0.434. The molecule has 162 valence electrons. The standard InChI is InChI=1S/C20H21N5O5S/c1-29-16-7-6-14(25(27)28)10-15(16)21-20(26)13-4-2-8-24(11-13)12-18-22-19(23-30-18)17-5-3-9-31-17/h3,5-7,9-10,13H,2,4,8,11-12H2,1H3,(H,21,26). The molecule has 3 heterocycles. The van der Waals surface area contributed by atoms with Gasteiger partial charge in [-0.05, 0) is 36.9 Å². The van der Waals surface area contributed by atoms with Crippen molar-refractivity contribution in [3.8, 4) is 16.5 Å². The maximum atomic E-state index is 12.9. The van der Waals surface area contributed by atoms with E-state index in [2.05, 4.69) is 20.4 Å². The Hall–Kier alpha value is -3.31. The molecule has 1 atom stereocenters. The summed E-state index contributed by atoms with van der Waals surface area (Å²) < 4.78 is 10.6. The third-order valence-electron chi connectivity index (χ3n) is 5.10. The monoisotopic (exact) mass is 443 g/mol. The van der Waals surface area contributed by atoms with E-state index in [1.807, 2.05) is 17.5 Å². The van der Waals surface area contributed by atoms with Gasteiger partial charge in [-0.1, -0.05) is 11.2 Å². The molecule has 0 spiro atoms. The molecule has 11 heteroatoms. The van der Waals surface area contributed by atoms with Crippen molar-refractivity contribution in [3.63, 3.8) is 0 Å². The highest BCUT2D eigenvalue weighted by molar-refractivity contribution is 7.13. The maximum Gasteiger partial charge on any atom is 0.271 e. The molecule has 1 unspecified atom stereocenters. The number of amides is 1. The van der Waals surface area contributed by atoms with E-state index in [1.165, 1.54) is 25.3 Å². The first-order valence-electron chi connectivity index (χ1n) is 9.75. The Bertz CT molecular complexity index is 1070. The van der Waals surface area contributed by atoms with Crippen molar-refractivity contribution in [2.24, 2.45) is 5.92 Å². The Balaban J connectivity index is 1.40. The number of nitro benzene ring substituents is 1. The van der Waals surface area contributed by atoms with Crippen LogP contribution in [-0.2, 0) is 11.3 Å². The average molecular weight is 443 g/mol. The molecule has 1 fully saturated rings. The number of ether oxygens (including phenoxy) is 1. The number of anilines is 1. The SMILES string of the molecule is COc1ccc([N+](=O)[O-])cc1NC(=O)C1CCCN(Cc2nc(-c3cccs3)no2)C1. The summed E-state index contributed by atoms with van der Waals surface area (Å²) in [5, 5.41) is 19.8. The Labute approximate surface area is 182 Å². The summed E-state index contributed by atoms with van der Waals surface area (Å²) >= 11 is 1.54. The lowest BCUT2D eigenvalue weighted by atomic mass is 9.97. The molecule has 10 nitrogen and oxygen atoms in total. The van der Waals surface area contributed by atoms with Gasteiger partial charge in [0.1, 0.15) is 5.75 Å². The number of hydrogen-bond acceptors (Lipinski definition) is 9. The Morgan fingerprint density at radius 1 is 1.45 bits per heavy atom. The molecule has 0 radical (unpaired) electrons. The van der Waals surface area contributed by atoms with Crippen LogP contribution in [0.15, 0.2) is 40.2 Å². The van der Waals surface area contributed by atoms with Crippen LogP contribution in [0.2, 0.25) is 0 Å². The number of nitro groups is 1. The summed E-state index contributed by atoms with van der Waals surface area (Å²) in [7, 11) is 1.45. The molecule has 0 saturated carbocycles. The second kappa shape index (κ2) is 9.23. The lowest BCUT2D eigenvalue weighted by Crippen LogP contribution is -2.40. The molecule has 4 rings (SSSR count). The summed E-state index contributed by atoms with van der Waals surface area (Å²) in [6, 6.07) is 7.98. The van der Waals surface area contributed by atoms with Gasteiger partial charge >= 0.3 is 0 Å². The topological polar surface area (TPSA) is 124 Å². The lowest BCUT2D eigenvalue weighted by Gasteiger charge is -2.30. The molecule has 0 bridgehead atoms. The summed E-state index contributed by atoms with van der Waals surface area (Å²) in [4.78, 5) is 30.9. The first kappa shape index (κ1) is 20.9. The fraction of sp³-hybridized carbons (Fsp3) is 0.350. The first-order valence-corrected chi connectivity index (χ1v) is 10.6. The maximum absolute atomic E-state index is 12.9. The van der Waals surface area contributed by atoms with Gasteiger partial charge in [0.25, 0.3) is 5.69 Å². The number of carbonyl (C=O) groups excluding carboxylic acids is 1. The normalized spacial score (nSPS) is 16.7. The van der Waals surface area contributed by atoms with Crippen LogP contribution in [0, 0.1) is 16.0 Å². The number of likely N-dealkylation sites (tertiary alicyclic amines) is 1. The van der Waals surface area contributed by atoms with E-state index in [0.29, 0.717) is 30.6 Å². The van der Waals surface area contributed by atoms with E-state index < -0.39 is 4.92 Å². The van der Waals surface area contributed by atoms with Crippen LogP contribution in [0.1, 0.15) is 18.7 Å². The Morgan fingerprint density at radius 3 is 3.06 bits per heavy atom. The predicted molar refractivity (Wildman–Crippen MR) is 114 cm³/mol. The number of hydrogen-bond donors (Lipinski definition) is 1. The minimum absolute atomic E-state index is 0.112. The van der Waals surface area contributed by atoms with Crippen LogP contribution in [0.4, 0.5) is 11.4 Å². The molecule has 31 heavy (non-hydrogen) atoms. The van der Waals surface area contributed by atoms with Gasteiger partial charge in [-0.15, -0.1) is 11.3 Å². The van der Waals surface area contributed by atoms with Crippen molar-refractivity contribution in [3.05, 3.63) is 51.7 Å². The number of benzene rings is 1. The number of nitrogens with one attached hydrogen (secondary N) is 1. The summed E-state index contributed by atoms with van der Waals surface area (Å²) in [6.45, 7) is 1.81. The second-order valence-electron chi connectivity index (χ2n) is 7.19. The van der Waals surface area contributed by atoms with Gasteiger partial charge in [0.2, 0.25) is 17.6 Å². The van der Waals surface area contributed by atoms with Gasteiger partial charge in [-0.25, -0.2) is 0 Å². The van der Waals surface area contributed by atoms with Crippen molar-refractivity contribution in [2.45, 2.75) is 19.4 Å². The van der Waals surface area contributed by atoms with Crippen molar-refractivity contribution in [1.29, 1.82) is 0 Å². The number of nitrogens with zero attached hydrogens (tertiary/aromatic N) is 4. The van der Waals surface area contributed by atoms with Crippen molar-refractivity contribution < 1.29 is 19.0 Å². The van der Waals surface area contributed by atoms with Crippen molar-refractivity contribution in [2.75, 3.05) is 25.5 Å². The molecule has 3 aromatic rings. The number of rotatable bonds is 7. The largest absolute Gasteiger partial charge is 0.495 e.